The highest BCUT2D eigenvalue weighted by Gasteiger charge is 2.74. The first-order chi connectivity index (χ1) is 6.10. The van der Waals surface area contributed by atoms with Gasteiger partial charge in [0.1, 0.15) is 0 Å². The Morgan fingerprint density at radius 1 is 1.07 bits per heavy atom. The van der Waals surface area contributed by atoms with Gasteiger partial charge in [-0.15, -0.1) is 0 Å². The summed E-state index contributed by atoms with van der Waals surface area (Å²) in [6, 6.07) is 0. The normalized spacial score (nSPS) is 28.1. The molecule has 1 fully saturated rings. The SMILES string of the molecule is O[C@@H]1COC(C(F)(F)F)(C(F)(F)F)C1. The molecule has 0 aromatic rings. The van der Waals surface area contributed by atoms with Gasteiger partial charge in [-0.1, -0.05) is 0 Å². The molecule has 0 radical (unpaired) electrons. The summed E-state index contributed by atoms with van der Waals surface area (Å²) in [6.45, 7) is -0.959. The van der Waals surface area contributed by atoms with Crippen molar-refractivity contribution in [3.8, 4) is 0 Å². The lowest BCUT2D eigenvalue weighted by molar-refractivity contribution is -0.368. The quantitative estimate of drug-likeness (QED) is 0.633. The van der Waals surface area contributed by atoms with Gasteiger partial charge in [-0.25, -0.2) is 0 Å². The van der Waals surface area contributed by atoms with Gasteiger partial charge in [-0.3, -0.25) is 0 Å². The topological polar surface area (TPSA) is 29.5 Å². The second kappa shape index (κ2) is 2.99. The van der Waals surface area contributed by atoms with Gasteiger partial charge in [0.25, 0.3) is 5.60 Å². The zero-order valence-electron chi connectivity index (χ0n) is 6.61. The van der Waals surface area contributed by atoms with E-state index in [1.54, 1.807) is 0 Å². The van der Waals surface area contributed by atoms with Gasteiger partial charge in [-0.05, 0) is 0 Å². The van der Waals surface area contributed by atoms with Crippen LogP contribution in [0, 0.1) is 0 Å². The maximum absolute atomic E-state index is 12.1. The standard InChI is InChI=1S/C6H6F6O2/c7-5(8,9)4(6(10,11)12)1-3(13)2-14-4/h3,13H,1-2H2/t3-/m0/s1. The molecule has 1 aliphatic rings. The van der Waals surface area contributed by atoms with Crippen molar-refractivity contribution in [1.82, 2.24) is 0 Å². The average molecular weight is 224 g/mol. The summed E-state index contributed by atoms with van der Waals surface area (Å²) >= 11 is 0. The molecule has 0 aromatic heterocycles. The van der Waals surface area contributed by atoms with Gasteiger partial charge < -0.3 is 9.84 Å². The van der Waals surface area contributed by atoms with E-state index in [0.717, 1.165) is 0 Å². The van der Waals surface area contributed by atoms with Crippen molar-refractivity contribution in [1.29, 1.82) is 0 Å². The van der Waals surface area contributed by atoms with E-state index in [2.05, 4.69) is 4.74 Å². The van der Waals surface area contributed by atoms with Crippen molar-refractivity contribution < 1.29 is 36.2 Å². The van der Waals surface area contributed by atoms with E-state index in [9.17, 15) is 26.3 Å². The average Bonchev–Trinajstić information content (AvgIpc) is 2.28. The molecule has 0 bridgehead atoms. The number of aliphatic hydroxyl groups is 1. The molecule has 0 aromatic carbocycles. The van der Waals surface area contributed by atoms with Crippen LogP contribution < -0.4 is 0 Å². The lowest BCUT2D eigenvalue weighted by atomic mass is 9.98. The van der Waals surface area contributed by atoms with Gasteiger partial charge in [0.15, 0.2) is 0 Å². The molecule has 1 heterocycles. The third-order valence-corrected chi connectivity index (χ3v) is 1.96. The summed E-state index contributed by atoms with van der Waals surface area (Å²) in [7, 11) is 0. The molecule has 2 nitrogen and oxygen atoms in total. The summed E-state index contributed by atoms with van der Waals surface area (Å²) in [5.41, 5.74) is -4.21. The first-order valence-corrected chi connectivity index (χ1v) is 3.55. The van der Waals surface area contributed by atoms with E-state index in [4.69, 9.17) is 5.11 Å². The fraction of sp³-hybridized carbons (Fsp3) is 1.00. The summed E-state index contributed by atoms with van der Waals surface area (Å²) in [5, 5.41) is 8.67. The number of rotatable bonds is 0. The molecule has 1 saturated heterocycles. The first-order valence-electron chi connectivity index (χ1n) is 3.55. The Bertz CT molecular complexity index is 205. The molecule has 0 aliphatic carbocycles. The fourth-order valence-corrected chi connectivity index (χ4v) is 1.24. The molecule has 1 rings (SSSR count). The fourth-order valence-electron chi connectivity index (χ4n) is 1.24. The van der Waals surface area contributed by atoms with Crippen LogP contribution in [-0.2, 0) is 4.74 Å². The number of hydrogen-bond acceptors (Lipinski definition) is 2. The maximum atomic E-state index is 12.1. The minimum absolute atomic E-state index is 0.959. The highest BCUT2D eigenvalue weighted by atomic mass is 19.4. The van der Waals surface area contributed by atoms with E-state index < -0.39 is 37.1 Å². The summed E-state index contributed by atoms with van der Waals surface area (Å²) < 4.78 is 76.5. The van der Waals surface area contributed by atoms with Crippen molar-refractivity contribution in [3.05, 3.63) is 0 Å². The van der Waals surface area contributed by atoms with Crippen molar-refractivity contribution in [2.75, 3.05) is 6.61 Å². The van der Waals surface area contributed by atoms with Crippen LogP contribution in [0.4, 0.5) is 26.3 Å². The van der Waals surface area contributed by atoms with Crippen LogP contribution in [0.5, 0.6) is 0 Å². The molecule has 14 heavy (non-hydrogen) atoms. The second-order valence-corrected chi connectivity index (χ2v) is 2.99. The Morgan fingerprint density at radius 3 is 1.64 bits per heavy atom. The molecule has 0 unspecified atom stereocenters. The molecular weight excluding hydrogens is 218 g/mol. The third-order valence-electron chi connectivity index (χ3n) is 1.96. The maximum Gasteiger partial charge on any atom is 0.426 e. The Hall–Kier alpha value is -0.500. The third kappa shape index (κ3) is 1.56. The van der Waals surface area contributed by atoms with Gasteiger partial charge in [-0.2, -0.15) is 26.3 Å². The first kappa shape index (κ1) is 11.6. The highest BCUT2D eigenvalue weighted by Crippen LogP contribution is 2.51. The Morgan fingerprint density at radius 2 is 1.50 bits per heavy atom. The Labute approximate surface area is 74.5 Å². The summed E-state index contributed by atoms with van der Waals surface area (Å²) in [4.78, 5) is 0. The predicted molar refractivity (Wildman–Crippen MR) is 31.4 cm³/mol. The minimum Gasteiger partial charge on any atom is -0.391 e. The van der Waals surface area contributed by atoms with Gasteiger partial charge in [0, 0.05) is 6.42 Å². The van der Waals surface area contributed by atoms with E-state index >= 15 is 0 Å². The molecule has 0 amide bonds. The van der Waals surface area contributed by atoms with Crippen molar-refractivity contribution in [2.24, 2.45) is 0 Å². The Kier molecular flexibility index (Phi) is 2.47. The summed E-state index contributed by atoms with van der Waals surface area (Å²) in [6.07, 6.45) is -14.4. The number of alkyl halides is 6. The predicted octanol–water partition coefficient (Wildman–Crippen LogP) is 1.63. The highest BCUT2D eigenvalue weighted by molar-refractivity contribution is 5.01. The molecule has 0 saturated carbocycles. The van der Waals surface area contributed by atoms with Crippen LogP contribution in [0.3, 0.4) is 0 Å². The number of ether oxygens (including phenoxy) is 1. The van der Waals surface area contributed by atoms with Crippen molar-refractivity contribution in [3.63, 3.8) is 0 Å². The van der Waals surface area contributed by atoms with Crippen LogP contribution in [0.25, 0.3) is 0 Å². The van der Waals surface area contributed by atoms with E-state index in [1.807, 2.05) is 0 Å². The van der Waals surface area contributed by atoms with Crippen LogP contribution in [0.1, 0.15) is 6.42 Å². The van der Waals surface area contributed by atoms with Crippen LogP contribution in [0.15, 0.2) is 0 Å². The number of halogens is 6. The van der Waals surface area contributed by atoms with Gasteiger partial charge in [0.2, 0.25) is 0 Å². The number of hydrogen-bond donors (Lipinski definition) is 1. The second-order valence-electron chi connectivity index (χ2n) is 2.99. The largest absolute Gasteiger partial charge is 0.426 e. The molecular formula is C6H6F6O2. The summed E-state index contributed by atoms with van der Waals surface area (Å²) in [5.74, 6) is 0. The molecule has 84 valence electrons. The van der Waals surface area contributed by atoms with Crippen LogP contribution in [0.2, 0.25) is 0 Å². The van der Waals surface area contributed by atoms with E-state index in [-0.39, 0.29) is 0 Å². The molecule has 0 spiro atoms. The Balaban J connectivity index is 3.05. The monoisotopic (exact) mass is 224 g/mol. The smallest absolute Gasteiger partial charge is 0.391 e. The number of aliphatic hydroxyl groups excluding tert-OH is 1. The van der Waals surface area contributed by atoms with Gasteiger partial charge >= 0.3 is 12.4 Å². The molecule has 1 N–H and O–H groups in total. The van der Waals surface area contributed by atoms with Gasteiger partial charge in [0.05, 0.1) is 12.7 Å². The minimum atomic E-state index is -5.57. The lowest BCUT2D eigenvalue weighted by Crippen LogP contribution is -2.56. The van der Waals surface area contributed by atoms with E-state index in [0.29, 0.717) is 0 Å². The van der Waals surface area contributed by atoms with Crippen molar-refractivity contribution in [2.45, 2.75) is 30.5 Å². The molecule has 1 aliphatic heterocycles. The zero-order valence-corrected chi connectivity index (χ0v) is 6.61. The zero-order chi connectivity index (χ0) is 11.2. The molecule has 1 atom stereocenters. The van der Waals surface area contributed by atoms with E-state index in [1.165, 1.54) is 0 Å². The lowest BCUT2D eigenvalue weighted by Gasteiger charge is -2.32. The van der Waals surface area contributed by atoms with Crippen LogP contribution in [-0.4, -0.2) is 35.8 Å². The van der Waals surface area contributed by atoms with Crippen molar-refractivity contribution >= 4 is 0 Å². The van der Waals surface area contributed by atoms with Crippen LogP contribution >= 0.6 is 0 Å². The molecule has 8 heteroatoms.